The number of benzene rings is 1. The molecule has 1 atom stereocenters. The van der Waals surface area contributed by atoms with E-state index >= 15 is 0 Å². The van der Waals surface area contributed by atoms with Crippen LogP contribution in [0.4, 0.5) is 0 Å². The van der Waals surface area contributed by atoms with Crippen molar-refractivity contribution in [1.29, 1.82) is 0 Å². The van der Waals surface area contributed by atoms with E-state index in [2.05, 4.69) is 54.8 Å². The van der Waals surface area contributed by atoms with Gasteiger partial charge in [-0.25, -0.2) is 0 Å². The minimum Gasteiger partial charge on any atom is -0.356 e. The number of hydrogen-bond donors (Lipinski definition) is 2. The number of carbonyl (C=O) groups excluding carboxylic acids is 2. The van der Waals surface area contributed by atoms with Gasteiger partial charge in [-0.05, 0) is 34.9 Å². The molecule has 1 aromatic heterocycles. The molecule has 1 heterocycles. The lowest BCUT2D eigenvalue weighted by Crippen LogP contribution is -2.36. The Morgan fingerprint density at radius 1 is 1.04 bits per heavy atom. The van der Waals surface area contributed by atoms with Crippen LogP contribution in [0, 0.1) is 5.41 Å². The van der Waals surface area contributed by atoms with Crippen LogP contribution in [-0.4, -0.2) is 18.4 Å². The first-order chi connectivity index (χ1) is 13.2. The molecule has 0 aliphatic rings. The van der Waals surface area contributed by atoms with Gasteiger partial charge in [0.25, 0.3) is 0 Å². The molecule has 0 fully saturated rings. The molecule has 0 radical (unpaired) electrons. The zero-order chi connectivity index (χ0) is 20.7. The highest BCUT2D eigenvalue weighted by Crippen LogP contribution is 2.27. The number of rotatable bonds is 8. The fraction of sp³-hybridized carbons (Fsp3) is 0.478. The number of carbonyl (C=O) groups is 2. The number of nitrogens with one attached hydrogen (secondary N) is 2. The van der Waals surface area contributed by atoms with E-state index in [4.69, 9.17) is 0 Å². The molecule has 0 bridgehead atoms. The van der Waals surface area contributed by atoms with Gasteiger partial charge in [0.15, 0.2) is 0 Å². The lowest BCUT2D eigenvalue weighted by atomic mass is 9.96. The van der Waals surface area contributed by atoms with Crippen LogP contribution in [0.2, 0.25) is 0 Å². The molecule has 2 aromatic rings. The van der Waals surface area contributed by atoms with Gasteiger partial charge >= 0.3 is 0 Å². The van der Waals surface area contributed by atoms with Crippen LogP contribution in [0.25, 0.3) is 0 Å². The van der Waals surface area contributed by atoms with Crippen LogP contribution >= 0.6 is 11.3 Å². The SMILES string of the molecule is CC(C)c1ccc(C(NC(=O)CCCNC(=O)C(C)(C)C)c2cccs2)cc1. The Bertz CT molecular complexity index is 759. The van der Waals surface area contributed by atoms with E-state index in [1.54, 1.807) is 11.3 Å². The summed E-state index contributed by atoms with van der Waals surface area (Å²) in [5.41, 5.74) is 1.96. The summed E-state index contributed by atoms with van der Waals surface area (Å²) in [5.74, 6) is 0.484. The zero-order valence-corrected chi connectivity index (χ0v) is 18.4. The van der Waals surface area contributed by atoms with Crippen LogP contribution in [0.1, 0.15) is 75.4 Å². The van der Waals surface area contributed by atoms with Crippen LogP contribution < -0.4 is 10.6 Å². The second-order valence-electron chi connectivity index (χ2n) is 8.45. The van der Waals surface area contributed by atoms with Crippen molar-refractivity contribution in [3.8, 4) is 0 Å². The Kier molecular flexibility index (Phi) is 7.81. The maximum atomic E-state index is 12.5. The van der Waals surface area contributed by atoms with Crippen molar-refractivity contribution >= 4 is 23.2 Å². The second-order valence-corrected chi connectivity index (χ2v) is 9.43. The second kappa shape index (κ2) is 9.87. The molecule has 2 amide bonds. The highest BCUT2D eigenvalue weighted by atomic mass is 32.1. The van der Waals surface area contributed by atoms with E-state index in [0.29, 0.717) is 25.3 Å². The van der Waals surface area contributed by atoms with Crippen LogP contribution in [-0.2, 0) is 9.59 Å². The molecule has 0 aliphatic carbocycles. The van der Waals surface area contributed by atoms with Gasteiger partial charge in [-0.3, -0.25) is 9.59 Å². The van der Waals surface area contributed by atoms with Gasteiger partial charge in [-0.2, -0.15) is 0 Å². The standard InChI is InChI=1S/C23H32N2O2S/c1-16(2)17-10-12-18(13-11-17)21(19-8-7-15-28-19)25-20(26)9-6-14-24-22(27)23(3,4)5/h7-8,10-13,15-16,21H,6,9,14H2,1-5H3,(H,24,27)(H,25,26). The van der Waals surface area contributed by atoms with Crippen molar-refractivity contribution in [3.05, 3.63) is 57.8 Å². The largest absolute Gasteiger partial charge is 0.356 e. The quantitative estimate of drug-likeness (QED) is 0.611. The number of amides is 2. The van der Waals surface area contributed by atoms with Gasteiger partial charge in [0, 0.05) is 23.3 Å². The van der Waals surface area contributed by atoms with Crippen molar-refractivity contribution in [3.63, 3.8) is 0 Å². The summed E-state index contributed by atoms with van der Waals surface area (Å²) >= 11 is 1.64. The fourth-order valence-corrected chi connectivity index (χ4v) is 3.60. The lowest BCUT2D eigenvalue weighted by molar-refractivity contribution is -0.128. The highest BCUT2D eigenvalue weighted by molar-refractivity contribution is 7.10. The molecule has 5 heteroatoms. The number of hydrogen-bond acceptors (Lipinski definition) is 3. The maximum Gasteiger partial charge on any atom is 0.225 e. The first-order valence-electron chi connectivity index (χ1n) is 9.89. The van der Waals surface area contributed by atoms with Gasteiger partial charge in [0.1, 0.15) is 0 Å². The molecule has 0 saturated heterocycles. The molecule has 0 aliphatic heterocycles. The summed E-state index contributed by atoms with van der Waals surface area (Å²) in [7, 11) is 0. The third-order valence-corrected chi connectivity index (χ3v) is 5.55. The topological polar surface area (TPSA) is 58.2 Å². The third kappa shape index (κ3) is 6.48. The summed E-state index contributed by atoms with van der Waals surface area (Å²) in [5, 5.41) is 8.08. The van der Waals surface area contributed by atoms with Gasteiger partial charge < -0.3 is 10.6 Å². The highest BCUT2D eigenvalue weighted by Gasteiger charge is 2.21. The van der Waals surface area contributed by atoms with Gasteiger partial charge in [-0.1, -0.05) is 65.0 Å². The third-order valence-electron chi connectivity index (χ3n) is 4.62. The van der Waals surface area contributed by atoms with E-state index in [9.17, 15) is 9.59 Å². The molecular weight excluding hydrogens is 368 g/mol. The van der Waals surface area contributed by atoms with Gasteiger partial charge in [0.2, 0.25) is 11.8 Å². The Morgan fingerprint density at radius 3 is 2.21 bits per heavy atom. The monoisotopic (exact) mass is 400 g/mol. The molecule has 0 saturated carbocycles. The minimum atomic E-state index is -0.408. The van der Waals surface area contributed by atoms with Crippen molar-refractivity contribution < 1.29 is 9.59 Å². The Labute approximate surface area is 172 Å². The van der Waals surface area contributed by atoms with Gasteiger partial charge in [0.05, 0.1) is 6.04 Å². The first-order valence-corrected chi connectivity index (χ1v) is 10.8. The van der Waals surface area contributed by atoms with Crippen LogP contribution in [0.5, 0.6) is 0 Å². The van der Waals surface area contributed by atoms with Crippen molar-refractivity contribution in [1.82, 2.24) is 10.6 Å². The predicted octanol–water partition coefficient (Wildman–Crippen LogP) is 5.02. The smallest absolute Gasteiger partial charge is 0.225 e. The summed E-state index contributed by atoms with van der Waals surface area (Å²) in [6, 6.07) is 12.4. The molecule has 2 rings (SSSR count). The van der Waals surface area contributed by atoms with E-state index in [1.807, 2.05) is 32.2 Å². The Balaban J connectivity index is 1.96. The lowest BCUT2D eigenvalue weighted by Gasteiger charge is -2.20. The molecule has 4 nitrogen and oxygen atoms in total. The molecule has 1 unspecified atom stereocenters. The van der Waals surface area contributed by atoms with E-state index < -0.39 is 5.41 Å². The van der Waals surface area contributed by atoms with Gasteiger partial charge in [-0.15, -0.1) is 11.3 Å². The average Bonchev–Trinajstić information content (AvgIpc) is 3.16. The molecule has 152 valence electrons. The summed E-state index contributed by atoms with van der Waals surface area (Å²) in [4.78, 5) is 25.5. The summed E-state index contributed by atoms with van der Waals surface area (Å²) < 4.78 is 0. The van der Waals surface area contributed by atoms with E-state index in [1.165, 1.54) is 5.56 Å². The average molecular weight is 401 g/mol. The van der Waals surface area contributed by atoms with E-state index in [-0.39, 0.29) is 17.9 Å². The van der Waals surface area contributed by atoms with Crippen LogP contribution in [0.3, 0.4) is 0 Å². The first kappa shape index (κ1) is 22.2. The Morgan fingerprint density at radius 2 is 1.68 bits per heavy atom. The molecule has 28 heavy (non-hydrogen) atoms. The molecule has 2 N–H and O–H groups in total. The molecular formula is C23H32N2O2S. The number of thiophene rings is 1. The van der Waals surface area contributed by atoms with Crippen molar-refractivity contribution in [2.45, 2.75) is 59.4 Å². The maximum absolute atomic E-state index is 12.5. The zero-order valence-electron chi connectivity index (χ0n) is 17.5. The van der Waals surface area contributed by atoms with Crippen molar-refractivity contribution in [2.24, 2.45) is 5.41 Å². The summed E-state index contributed by atoms with van der Waals surface area (Å²) in [6.07, 6.45) is 1.01. The van der Waals surface area contributed by atoms with Crippen LogP contribution in [0.15, 0.2) is 41.8 Å². The fourth-order valence-electron chi connectivity index (χ4n) is 2.80. The normalized spacial score (nSPS) is 12.6. The molecule has 0 spiro atoms. The minimum absolute atomic E-state index is 0.00339. The van der Waals surface area contributed by atoms with E-state index in [0.717, 1.165) is 10.4 Å². The molecule has 1 aromatic carbocycles. The summed E-state index contributed by atoms with van der Waals surface area (Å²) in [6.45, 7) is 10.5. The Hall–Kier alpha value is -2.14. The predicted molar refractivity (Wildman–Crippen MR) is 117 cm³/mol. The van der Waals surface area contributed by atoms with Crippen molar-refractivity contribution in [2.75, 3.05) is 6.54 Å².